The first-order chi connectivity index (χ1) is 9.97. The topological polar surface area (TPSA) is 90.5 Å². The van der Waals surface area contributed by atoms with Crippen molar-refractivity contribution < 1.29 is 14.7 Å². The predicted octanol–water partition coefficient (Wildman–Crippen LogP) is 1.53. The lowest BCUT2D eigenvalue weighted by atomic mass is 10.1. The van der Waals surface area contributed by atoms with Crippen molar-refractivity contribution in [2.24, 2.45) is 0 Å². The van der Waals surface area contributed by atoms with Crippen molar-refractivity contribution in [3.8, 4) is 5.75 Å². The largest absolute Gasteiger partial charge is 0.508 e. The number of hydrogen-bond acceptors (Lipinski definition) is 4. The molecule has 4 N–H and O–H groups in total. The zero-order chi connectivity index (χ0) is 15.8. The second-order valence-corrected chi connectivity index (χ2v) is 4.85. The van der Waals surface area contributed by atoms with Crippen LogP contribution in [-0.2, 0) is 9.59 Å². The summed E-state index contributed by atoms with van der Waals surface area (Å²) in [6.07, 6.45) is 1.24. The van der Waals surface area contributed by atoms with Crippen LogP contribution in [0.3, 0.4) is 0 Å². The smallest absolute Gasteiger partial charge is 0.233 e. The molecule has 1 atom stereocenters. The Morgan fingerprint density at radius 2 is 2.00 bits per heavy atom. The highest BCUT2D eigenvalue weighted by Crippen LogP contribution is 2.27. The summed E-state index contributed by atoms with van der Waals surface area (Å²) < 4.78 is 0. The van der Waals surface area contributed by atoms with Gasteiger partial charge in [0.2, 0.25) is 11.8 Å². The van der Waals surface area contributed by atoms with Crippen LogP contribution in [0.15, 0.2) is 18.2 Å². The molecule has 0 saturated carbocycles. The minimum absolute atomic E-state index is 0.0555. The second kappa shape index (κ2) is 8.26. The van der Waals surface area contributed by atoms with Crippen LogP contribution < -0.4 is 16.0 Å². The molecule has 1 aromatic carbocycles. The number of carbonyl (C=O) groups excluding carboxylic acids is 2. The number of rotatable bonds is 7. The van der Waals surface area contributed by atoms with Gasteiger partial charge in [0, 0.05) is 30.8 Å². The number of aromatic hydroxyl groups is 1. The third kappa shape index (κ3) is 5.43. The van der Waals surface area contributed by atoms with Crippen molar-refractivity contribution >= 4 is 17.5 Å². The molecule has 21 heavy (non-hydrogen) atoms. The van der Waals surface area contributed by atoms with Gasteiger partial charge in [-0.3, -0.25) is 9.59 Å². The molecule has 1 aromatic rings. The summed E-state index contributed by atoms with van der Waals surface area (Å²) >= 11 is 0. The monoisotopic (exact) mass is 293 g/mol. The zero-order valence-electron chi connectivity index (χ0n) is 12.7. The van der Waals surface area contributed by atoms with Crippen LogP contribution in [-0.4, -0.2) is 30.5 Å². The van der Waals surface area contributed by atoms with Gasteiger partial charge < -0.3 is 21.1 Å². The Bertz CT molecular complexity index is 503. The lowest BCUT2D eigenvalue weighted by Gasteiger charge is -2.16. The highest BCUT2D eigenvalue weighted by atomic mass is 16.3. The molecular weight excluding hydrogens is 270 g/mol. The van der Waals surface area contributed by atoms with Crippen molar-refractivity contribution in [3.05, 3.63) is 23.8 Å². The van der Waals surface area contributed by atoms with Crippen molar-refractivity contribution in [3.63, 3.8) is 0 Å². The average Bonchev–Trinajstić information content (AvgIpc) is 2.46. The number of phenols is 1. The summed E-state index contributed by atoms with van der Waals surface area (Å²) in [7, 11) is 1.57. The molecule has 0 spiro atoms. The van der Waals surface area contributed by atoms with E-state index in [9.17, 15) is 14.7 Å². The van der Waals surface area contributed by atoms with Crippen molar-refractivity contribution in [1.29, 1.82) is 0 Å². The van der Waals surface area contributed by atoms with Crippen LogP contribution in [0.5, 0.6) is 5.75 Å². The van der Waals surface area contributed by atoms with Gasteiger partial charge in [0.05, 0.1) is 6.54 Å². The maximum absolute atomic E-state index is 11.6. The van der Waals surface area contributed by atoms with E-state index in [1.165, 1.54) is 6.07 Å². The minimum atomic E-state index is -0.217. The predicted molar refractivity (Wildman–Crippen MR) is 82.1 cm³/mol. The Labute approximate surface area is 124 Å². The van der Waals surface area contributed by atoms with Crippen LogP contribution in [0.4, 0.5) is 5.69 Å². The SMILES string of the molecule is CCCC(=O)Nc1ccc(O)c(C(C)NCC(=O)NC)c1. The van der Waals surface area contributed by atoms with E-state index in [0.717, 1.165) is 6.42 Å². The fourth-order valence-electron chi connectivity index (χ4n) is 1.87. The lowest BCUT2D eigenvalue weighted by molar-refractivity contribution is -0.120. The van der Waals surface area contributed by atoms with Crippen molar-refractivity contribution in [2.45, 2.75) is 32.7 Å². The maximum Gasteiger partial charge on any atom is 0.233 e. The van der Waals surface area contributed by atoms with E-state index in [0.29, 0.717) is 17.7 Å². The van der Waals surface area contributed by atoms with E-state index < -0.39 is 0 Å². The first kappa shape index (κ1) is 17.0. The summed E-state index contributed by atoms with van der Waals surface area (Å²) in [6.45, 7) is 3.94. The molecular formula is C15H23N3O3. The Morgan fingerprint density at radius 1 is 1.29 bits per heavy atom. The molecule has 0 fully saturated rings. The van der Waals surface area contributed by atoms with E-state index in [2.05, 4.69) is 16.0 Å². The maximum atomic E-state index is 11.6. The van der Waals surface area contributed by atoms with Gasteiger partial charge in [-0.15, -0.1) is 0 Å². The molecule has 0 aliphatic heterocycles. The van der Waals surface area contributed by atoms with Gasteiger partial charge in [-0.2, -0.15) is 0 Å². The Balaban J connectivity index is 2.76. The van der Waals surface area contributed by atoms with E-state index >= 15 is 0 Å². The Morgan fingerprint density at radius 3 is 2.62 bits per heavy atom. The molecule has 1 rings (SSSR count). The summed E-state index contributed by atoms with van der Waals surface area (Å²) in [6, 6.07) is 4.68. The summed E-state index contributed by atoms with van der Waals surface area (Å²) in [5.74, 6) is -0.0609. The molecule has 1 unspecified atom stereocenters. The number of likely N-dealkylation sites (N-methyl/N-ethyl adjacent to an activating group) is 1. The van der Waals surface area contributed by atoms with Crippen LogP contribution in [0.1, 0.15) is 38.3 Å². The number of anilines is 1. The molecule has 6 heteroatoms. The van der Waals surface area contributed by atoms with E-state index in [1.54, 1.807) is 19.2 Å². The highest BCUT2D eigenvalue weighted by Gasteiger charge is 2.13. The number of carbonyl (C=O) groups is 2. The lowest BCUT2D eigenvalue weighted by Crippen LogP contribution is -2.32. The molecule has 0 aromatic heterocycles. The van der Waals surface area contributed by atoms with Crippen LogP contribution in [0.2, 0.25) is 0 Å². The molecule has 6 nitrogen and oxygen atoms in total. The van der Waals surface area contributed by atoms with E-state index in [-0.39, 0.29) is 30.2 Å². The van der Waals surface area contributed by atoms with Gasteiger partial charge in [0.25, 0.3) is 0 Å². The van der Waals surface area contributed by atoms with E-state index in [4.69, 9.17) is 0 Å². The van der Waals surface area contributed by atoms with E-state index in [1.807, 2.05) is 13.8 Å². The Kier molecular flexibility index (Phi) is 6.68. The van der Waals surface area contributed by atoms with Gasteiger partial charge in [-0.1, -0.05) is 6.92 Å². The van der Waals surface area contributed by atoms with Crippen LogP contribution in [0, 0.1) is 0 Å². The summed E-state index contributed by atoms with van der Waals surface area (Å²) in [4.78, 5) is 22.8. The molecule has 0 aliphatic carbocycles. The van der Waals surface area contributed by atoms with Gasteiger partial charge in [-0.25, -0.2) is 0 Å². The highest BCUT2D eigenvalue weighted by molar-refractivity contribution is 5.90. The van der Waals surface area contributed by atoms with Gasteiger partial charge in [0.15, 0.2) is 0 Å². The second-order valence-electron chi connectivity index (χ2n) is 4.85. The normalized spacial score (nSPS) is 11.8. The summed E-state index contributed by atoms with van der Waals surface area (Å²) in [5, 5.41) is 18.2. The molecule has 0 aliphatic rings. The van der Waals surface area contributed by atoms with Crippen LogP contribution >= 0.6 is 0 Å². The van der Waals surface area contributed by atoms with Gasteiger partial charge >= 0.3 is 0 Å². The molecule has 116 valence electrons. The van der Waals surface area contributed by atoms with Crippen LogP contribution in [0.25, 0.3) is 0 Å². The third-order valence-corrected chi connectivity index (χ3v) is 3.10. The first-order valence-corrected chi connectivity index (χ1v) is 7.04. The average molecular weight is 293 g/mol. The number of amides is 2. The zero-order valence-corrected chi connectivity index (χ0v) is 12.7. The molecule has 0 heterocycles. The molecule has 2 amide bonds. The third-order valence-electron chi connectivity index (χ3n) is 3.10. The van der Waals surface area contributed by atoms with Gasteiger partial charge in [-0.05, 0) is 31.5 Å². The first-order valence-electron chi connectivity index (χ1n) is 7.04. The summed E-state index contributed by atoms with van der Waals surface area (Å²) in [5.41, 5.74) is 1.27. The Hall–Kier alpha value is -2.08. The molecule has 0 bridgehead atoms. The van der Waals surface area contributed by atoms with Crippen molar-refractivity contribution in [2.75, 3.05) is 18.9 Å². The van der Waals surface area contributed by atoms with Crippen molar-refractivity contribution in [1.82, 2.24) is 10.6 Å². The molecule has 0 radical (unpaired) electrons. The quantitative estimate of drug-likeness (QED) is 0.574. The number of hydrogen-bond donors (Lipinski definition) is 4. The number of benzene rings is 1. The number of phenolic OH excluding ortho intramolecular Hbond substituents is 1. The number of nitrogens with one attached hydrogen (secondary N) is 3. The molecule has 0 saturated heterocycles. The standard InChI is InChI=1S/C15H23N3O3/c1-4-5-14(20)18-11-6-7-13(19)12(8-11)10(2)17-9-15(21)16-3/h6-8,10,17,19H,4-5,9H2,1-3H3,(H,16,21)(H,18,20). The fraction of sp³-hybridized carbons (Fsp3) is 0.467. The fourth-order valence-corrected chi connectivity index (χ4v) is 1.87. The van der Waals surface area contributed by atoms with Gasteiger partial charge in [0.1, 0.15) is 5.75 Å². The minimum Gasteiger partial charge on any atom is -0.508 e.